The fourth-order valence-electron chi connectivity index (χ4n) is 3.18. The van der Waals surface area contributed by atoms with Crippen molar-refractivity contribution >= 4 is 28.0 Å². The molecule has 0 unspecified atom stereocenters. The van der Waals surface area contributed by atoms with Gasteiger partial charge < -0.3 is 4.90 Å². The molecule has 0 aliphatic carbocycles. The Labute approximate surface area is 164 Å². The number of fused-ring (bicyclic) bond motifs is 1. The largest absolute Gasteiger partial charge is 0.335 e. The summed E-state index contributed by atoms with van der Waals surface area (Å²) in [6.45, 7) is 10.5. The molecule has 0 atom stereocenters. The van der Waals surface area contributed by atoms with Gasteiger partial charge in [0.2, 0.25) is 5.91 Å². The molecule has 2 aromatic carbocycles. The first-order valence-corrected chi connectivity index (χ1v) is 9.85. The van der Waals surface area contributed by atoms with Gasteiger partial charge in [-0.05, 0) is 23.3 Å². The highest BCUT2D eigenvalue weighted by molar-refractivity contribution is 7.11. The first kappa shape index (κ1) is 19.1. The Balaban J connectivity index is 1.79. The Morgan fingerprint density at radius 1 is 1.11 bits per heavy atom. The minimum atomic E-state index is 0.0817. The summed E-state index contributed by atoms with van der Waals surface area (Å²) < 4.78 is 0. The van der Waals surface area contributed by atoms with Crippen LogP contribution in [0.5, 0.6) is 0 Å². The topological polar surface area (TPSA) is 33.2 Å². The van der Waals surface area contributed by atoms with Crippen molar-refractivity contribution in [3.8, 4) is 0 Å². The first-order chi connectivity index (χ1) is 13.1. The number of benzene rings is 2. The van der Waals surface area contributed by atoms with Crippen molar-refractivity contribution in [1.29, 1.82) is 0 Å². The second kappa shape index (κ2) is 8.78. The molecule has 0 spiro atoms. The van der Waals surface area contributed by atoms with Crippen molar-refractivity contribution in [1.82, 2.24) is 9.88 Å². The third-order valence-electron chi connectivity index (χ3n) is 4.52. The van der Waals surface area contributed by atoms with Crippen molar-refractivity contribution in [3.63, 3.8) is 0 Å². The van der Waals surface area contributed by atoms with Gasteiger partial charge in [-0.25, -0.2) is 4.98 Å². The normalized spacial score (nSPS) is 10.7. The third kappa shape index (κ3) is 4.52. The van der Waals surface area contributed by atoms with Crippen LogP contribution in [-0.2, 0) is 17.6 Å². The van der Waals surface area contributed by atoms with Gasteiger partial charge in [-0.15, -0.1) is 24.5 Å². The quantitative estimate of drug-likeness (QED) is 0.522. The van der Waals surface area contributed by atoms with Crippen molar-refractivity contribution in [3.05, 3.63) is 88.9 Å². The van der Waals surface area contributed by atoms with Crippen LogP contribution in [0.2, 0.25) is 0 Å². The Hall–Kier alpha value is -2.72. The molecule has 3 nitrogen and oxygen atoms in total. The van der Waals surface area contributed by atoms with E-state index in [1.165, 1.54) is 16.3 Å². The average molecular weight is 377 g/mol. The number of aromatic nitrogens is 1. The maximum Gasteiger partial charge on any atom is 0.228 e. The van der Waals surface area contributed by atoms with Crippen LogP contribution in [0.4, 0.5) is 0 Å². The fraction of sp³-hybridized carbons (Fsp3) is 0.217. The average Bonchev–Trinajstić information content (AvgIpc) is 3.01. The van der Waals surface area contributed by atoms with Gasteiger partial charge in [0.25, 0.3) is 0 Å². The van der Waals surface area contributed by atoms with Crippen LogP contribution >= 0.6 is 11.3 Å². The highest BCUT2D eigenvalue weighted by Gasteiger charge is 2.16. The van der Waals surface area contributed by atoms with E-state index in [0.717, 1.165) is 22.0 Å². The molecule has 27 heavy (non-hydrogen) atoms. The van der Waals surface area contributed by atoms with Gasteiger partial charge in [-0.1, -0.05) is 54.6 Å². The van der Waals surface area contributed by atoms with Crippen LogP contribution in [0.1, 0.15) is 21.1 Å². The van der Waals surface area contributed by atoms with E-state index in [4.69, 9.17) is 4.98 Å². The van der Waals surface area contributed by atoms with Crippen LogP contribution in [0.25, 0.3) is 10.8 Å². The van der Waals surface area contributed by atoms with Crippen molar-refractivity contribution < 1.29 is 4.79 Å². The molecule has 1 amide bonds. The summed E-state index contributed by atoms with van der Waals surface area (Å²) in [5.74, 6) is 0.0817. The molecular weight excluding hydrogens is 352 g/mol. The van der Waals surface area contributed by atoms with Gasteiger partial charge in [-0.2, -0.15) is 0 Å². The summed E-state index contributed by atoms with van der Waals surface area (Å²) in [5.41, 5.74) is 2.21. The summed E-state index contributed by atoms with van der Waals surface area (Å²) in [4.78, 5) is 20.1. The van der Waals surface area contributed by atoms with Gasteiger partial charge >= 0.3 is 0 Å². The molecule has 0 bridgehead atoms. The molecule has 4 heteroatoms. The van der Waals surface area contributed by atoms with Crippen molar-refractivity contribution in [2.75, 3.05) is 13.1 Å². The Morgan fingerprint density at radius 2 is 1.81 bits per heavy atom. The van der Waals surface area contributed by atoms with E-state index in [0.29, 0.717) is 19.5 Å². The number of carbonyl (C=O) groups is 1. The van der Waals surface area contributed by atoms with E-state index >= 15 is 0 Å². The van der Waals surface area contributed by atoms with Crippen molar-refractivity contribution in [2.45, 2.75) is 19.8 Å². The Morgan fingerprint density at radius 3 is 2.56 bits per heavy atom. The van der Waals surface area contributed by atoms with Gasteiger partial charge in [0.1, 0.15) is 0 Å². The lowest BCUT2D eigenvalue weighted by Gasteiger charge is -2.18. The van der Waals surface area contributed by atoms with Crippen LogP contribution in [0, 0.1) is 6.92 Å². The van der Waals surface area contributed by atoms with Crippen LogP contribution in [0.15, 0.2) is 67.8 Å². The lowest BCUT2D eigenvalue weighted by molar-refractivity contribution is -0.129. The SMILES string of the molecule is C=CCN(CC=C)C(=O)Cc1sc(Cc2cccc3ccccc23)nc1C. The number of thiazole rings is 1. The fourth-order valence-corrected chi connectivity index (χ4v) is 4.26. The zero-order chi connectivity index (χ0) is 19.2. The summed E-state index contributed by atoms with van der Waals surface area (Å²) in [6.07, 6.45) is 4.64. The smallest absolute Gasteiger partial charge is 0.228 e. The molecule has 138 valence electrons. The molecule has 0 saturated carbocycles. The lowest BCUT2D eigenvalue weighted by Crippen LogP contribution is -2.32. The number of amides is 1. The zero-order valence-corrected chi connectivity index (χ0v) is 16.5. The predicted molar refractivity (Wildman–Crippen MR) is 114 cm³/mol. The van der Waals surface area contributed by atoms with Crippen LogP contribution in [-0.4, -0.2) is 28.9 Å². The van der Waals surface area contributed by atoms with E-state index in [1.807, 2.05) is 6.92 Å². The standard InChI is InChI=1S/C23H24N2OS/c1-4-13-25(14-5-2)23(26)16-21-17(3)24-22(27-21)15-19-11-8-10-18-9-6-7-12-20(18)19/h4-12H,1-2,13-16H2,3H3. The zero-order valence-electron chi connectivity index (χ0n) is 15.6. The number of hydrogen-bond donors (Lipinski definition) is 0. The predicted octanol–water partition coefficient (Wildman–Crippen LogP) is 4.94. The number of nitrogens with zero attached hydrogens (tertiary/aromatic N) is 2. The molecule has 0 aliphatic heterocycles. The molecule has 0 fully saturated rings. The van der Waals surface area contributed by atoms with Gasteiger partial charge in [-0.3, -0.25) is 4.79 Å². The molecular formula is C23H24N2OS. The molecule has 0 saturated heterocycles. The minimum Gasteiger partial charge on any atom is -0.335 e. The molecule has 3 rings (SSSR count). The highest BCUT2D eigenvalue weighted by Crippen LogP contribution is 2.25. The van der Waals surface area contributed by atoms with Crippen molar-refractivity contribution in [2.24, 2.45) is 0 Å². The maximum atomic E-state index is 12.6. The molecule has 1 aromatic heterocycles. The van der Waals surface area contributed by atoms with E-state index < -0.39 is 0 Å². The lowest BCUT2D eigenvalue weighted by atomic mass is 10.0. The Kier molecular flexibility index (Phi) is 6.20. The number of aryl methyl sites for hydroxylation is 1. The monoisotopic (exact) mass is 376 g/mol. The summed E-state index contributed by atoms with van der Waals surface area (Å²) in [5, 5.41) is 3.54. The van der Waals surface area contributed by atoms with E-state index in [1.54, 1.807) is 28.4 Å². The third-order valence-corrected chi connectivity index (χ3v) is 5.68. The second-order valence-electron chi connectivity index (χ2n) is 6.48. The molecule has 0 radical (unpaired) electrons. The number of hydrogen-bond acceptors (Lipinski definition) is 3. The maximum absolute atomic E-state index is 12.6. The molecule has 0 aliphatic rings. The van der Waals surface area contributed by atoms with Gasteiger partial charge in [0.15, 0.2) is 0 Å². The van der Waals surface area contributed by atoms with Gasteiger partial charge in [0.05, 0.1) is 17.1 Å². The minimum absolute atomic E-state index is 0.0817. The summed E-state index contributed by atoms with van der Waals surface area (Å²) in [7, 11) is 0. The van der Waals surface area contributed by atoms with E-state index in [9.17, 15) is 4.79 Å². The molecule has 3 aromatic rings. The number of carbonyl (C=O) groups excluding carboxylic acids is 1. The first-order valence-electron chi connectivity index (χ1n) is 9.03. The van der Waals surface area contributed by atoms with Crippen LogP contribution < -0.4 is 0 Å². The molecule has 0 N–H and O–H groups in total. The van der Waals surface area contributed by atoms with Gasteiger partial charge in [0, 0.05) is 24.4 Å². The summed E-state index contributed by atoms with van der Waals surface area (Å²) >= 11 is 1.63. The van der Waals surface area contributed by atoms with E-state index in [-0.39, 0.29) is 5.91 Å². The Bertz CT molecular complexity index is 958. The number of rotatable bonds is 8. The highest BCUT2D eigenvalue weighted by atomic mass is 32.1. The summed E-state index contributed by atoms with van der Waals surface area (Å²) in [6, 6.07) is 14.8. The van der Waals surface area contributed by atoms with E-state index in [2.05, 4.69) is 55.6 Å². The molecule has 1 heterocycles. The second-order valence-corrected chi connectivity index (χ2v) is 7.65. The van der Waals surface area contributed by atoms with Crippen LogP contribution in [0.3, 0.4) is 0 Å².